The first-order chi connectivity index (χ1) is 13.8. The van der Waals surface area contributed by atoms with E-state index >= 15 is 0 Å². The first-order valence-electron chi connectivity index (χ1n) is 10.1. The fourth-order valence-corrected chi connectivity index (χ4v) is 3.83. The van der Waals surface area contributed by atoms with E-state index < -0.39 is 5.69 Å². The van der Waals surface area contributed by atoms with E-state index in [-0.39, 0.29) is 42.4 Å². The van der Waals surface area contributed by atoms with Crippen molar-refractivity contribution in [2.75, 3.05) is 13.1 Å². The molecule has 1 aromatic carbocycles. The third-order valence-electron chi connectivity index (χ3n) is 5.39. The Bertz CT molecular complexity index is 1030. The number of carbonyl (C=O) groups is 2. The smallest absolute Gasteiger partial charge is 0.331 e. The summed E-state index contributed by atoms with van der Waals surface area (Å²) in [6, 6.07) is 6.94. The molecule has 2 aromatic rings. The van der Waals surface area contributed by atoms with Crippen molar-refractivity contribution in [3.05, 3.63) is 45.1 Å². The Morgan fingerprint density at radius 1 is 1.10 bits per heavy atom. The topological polar surface area (TPSA) is 93.4 Å². The molecule has 3 rings (SSSR count). The first kappa shape index (κ1) is 20.8. The van der Waals surface area contributed by atoms with E-state index in [1.807, 2.05) is 13.8 Å². The molecule has 0 radical (unpaired) electrons. The van der Waals surface area contributed by atoms with E-state index in [1.54, 1.807) is 36.1 Å². The van der Waals surface area contributed by atoms with E-state index in [1.165, 1.54) is 4.57 Å². The number of amides is 2. The van der Waals surface area contributed by atoms with Crippen molar-refractivity contribution in [2.24, 2.45) is 5.92 Å². The summed E-state index contributed by atoms with van der Waals surface area (Å²) in [6.07, 6.45) is 1.21. The third-order valence-corrected chi connectivity index (χ3v) is 5.39. The molecule has 1 aliphatic rings. The average molecular weight is 400 g/mol. The van der Waals surface area contributed by atoms with Crippen LogP contribution >= 0.6 is 0 Å². The maximum atomic E-state index is 12.9. The number of para-hydroxylation sites is 1. The number of benzene rings is 1. The molecule has 2 heterocycles. The van der Waals surface area contributed by atoms with Gasteiger partial charge in [0.05, 0.1) is 10.9 Å². The minimum atomic E-state index is -0.476. The lowest BCUT2D eigenvalue weighted by Gasteiger charge is -2.32. The SMILES string of the molecule is CCn1c(=O)c2ccccc2n(CC(=O)N2CCC(C(=O)NC(C)C)CC2)c1=O. The number of likely N-dealkylation sites (tertiary alicyclic amines) is 1. The molecule has 0 saturated carbocycles. The van der Waals surface area contributed by atoms with Gasteiger partial charge >= 0.3 is 5.69 Å². The van der Waals surface area contributed by atoms with E-state index in [4.69, 9.17) is 0 Å². The van der Waals surface area contributed by atoms with Gasteiger partial charge in [0, 0.05) is 31.6 Å². The number of nitrogens with one attached hydrogen (secondary N) is 1. The Balaban J connectivity index is 1.79. The summed E-state index contributed by atoms with van der Waals surface area (Å²) in [5.74, 6) is -0.238. The second-order valence-electron chi connectivity index (χ2n) is 7.75. The standard InChI is InChI=1S/C21H28N4O4/c1-4-24-20(28)16-7-5-6-8-17(16)25(21(24)29)13-18(26)23-11-9-15(10-12-23)19(27)22-14(2)3/h5-8,14-15H,4,9-13H2,1-3H3,(H,22,27). The van der Waals surface area contributed by atoms with Gasteiger partial charge < -0.3 is 10.2 Å². The largest absolute Gasteiger partial charge is 0.354 e. The van der Waals surface area contributed by atoms with Crippen LogP contribution in [0.3, 0.4) is 0 Å². The Hall–Kier alpha value is -2.90. The van der Waals surface area contributed by atoms with Gasteiger partial charge in [-0.25, -0.2) is 4.79 Å². The Kier molecular flexibility index (Phi) is 6.20. The second kappa shape index (κ2) is 8.63. The number of aromatic nitrogens is 2. The molecule has 29 heavy (non-hydrogen) atoms. The van der Waals surface area contributed by atoms with Gasteiger partial charge in [0.1, 0.15) is 6.54 Å². The molecular weight excluding hydrogens is 372 g/mol. The molecule has 1 aliphatic heterocycles. The lowest BCUT2D eigenvalue weighted by atomic mass is 9.95. The lowest BCUT2D eigenvalue weighted by Crippen LogP contribution is -2.47. The number of nitrogens with zero attached hydrogens (tertiary/aromatic N) is 3. The molecule has 1 saturated heterocycles. The van der Waals surface area contributed by atoms with Crippen LogP contribution in [-0.2, 0) is 22.7 Å². The van der Waals surface area contributed by atoms with Crippen LogP contribution in [0.5, 0.6) is 0 Å². The molecule has 1 fully saturated rings. The normalized spacial score (nSPS) is 15.1. The molecule has 1 aromatic heterocycles. The highest BCUT2D eigenvalue weighted by Gasteiger charge is 2.28. The number of fused-ring (bicyclic) bond motifs is 1. The summed E-state index contributed by atoms with van der Waals surface area (Å²) < 4.78 is 2.53. The monoisotopic (exact) mass is 400 g/mol. The molecule has 2 amide bonds. The van der Waals surface area contributed by atoms with Crippen molar-refractivity contribution < 1.29 is 9.59 Å². The molecular formula is C21H28N4O4. The zero-order valence-electron chi connectivity index (χ0n) is 17.2. The molecule has 0 aliphatic carbocycles. The predicted octanol–water partition coefficient (Wildman–Crippen LogP) is 0.946. The number of carbonyl (C=O) groups excluding carboxylic acids is 2. The van der Waals surface area contributed by atoms with Crippen molar-refractivity contribution in [3.8, 4) is 0 Å². The fraction of sp³-hybridized carbons (Fsp3) is 0.524. The van der Waals surface area contributed by atoms with Gasteiger partial charge in [0.25, 0.3) is 5.56 Å². The summed E-state index contributed by atoms with van der Waals surface area (Å²) in [4.78, 5) is 52.1. The second-order valence-corrected chi connectivity index (χ2v) is 7.75. The van der Waals surface area contributed by atoms with E-state index in [0.29, 0.717) is 36.8 Å². The summed E-state index contributed by atoms with van der Waals surface area (Å²) in [6.45, 7) is 6.67. The molecule has 0 bridgehead atoms. The average Bonchev–Trinajstić information content (AvgIpc) is 2.71. The van der Waals surface area contributed by atoms with Crippen LogP contribution in [0.1, 0.15) is 33.6 Å². The summed E-state index contributed by atoms with van der Waals surface area (Å²) >= 11 is 0. The zero-order chi connectivity index (χ0) is 21.1. The van der Waals surface area contributed by atoms with Crippen LogP contribution in [0.15, 0.2) is 33.9 Å². The Morgan fingerprint density at radius 2 is 1.76 bits per heavy atom. The lowest BCUT2D eigenvalue weighted by molar-refractivity contribution is -0.136. The minimum Gasteiger partial charge on any atom is -0.354 e. The van der Waals surface area contributed by atoms with Crippen LogP contribution in [0, 0.1) is 5.92 Å². The molecule has 156 valence electrons. The maximum Gasteiger partial charge on any atom is 0.331 e. The molecule has 1 N–H and O–H groups in total. The van der Waals surface area contributed by atoms with Gasteiger partial charge in [0.15, 0.2) is 0 Å². The summed E-state index contributed by atoms with van der Waals surface area (Å²) in [5.41, 5.74) is -0.351. The predicted molar refractivity (Wildman–Crippen MR) is 111 cm³/mol. The van der Waals surface area contributed by atoms with Crippen LogP contribution in [0.25, 0.3) is 10.9 Å². The highest BCUT2D eigenvalue weighted by Crippen LogP contribution is 2.18. The molecule has 8 nitrogen and oxygen atoms in total. The van der Waals surface area contributed by atoms with Gasteiger partial charge in [-0.15, -0.1) is 0 Å². The molecule has 0 unspecified atom stereocenters. The number of piperidine rings is 1. The summed E-state index contributed by atoms with van der Waals surface area (Å²) in [7, 11) is 0. The number of hydrogen-bond acceptors (Lipinski definition) is 4. The highest BCUT2D eigenvalue weighted by atomic mass is 16.2. The molecule has 0 spiro atoms. The van der Waals surface area contributed by atoms with Crippen LogP contribution in [-0.4, -0.2) is 45.0 Å². The number of hydrogen-bond donors (Lipinski definition) is 1. The third kappa shape index (κ3) is 4.26. The van der Waals surface area contributed by atoms with Gasteiger partial charge in [-0.2, -0.15) is 0 Å². The highest BCUT2D eigenvalue weighted by molar-refractivity contribution is 5.82. The van der Waals surface area contributed by atoms with E-state index in [0.717, 1.165) is 4.57 Å². The van der Waals surface area contributed by atoms with Gasteiger partial charge in [0.2, 0.25) is 11.8 Å². The number of rotatable bonds is 5. The Labute approximate surface area is 169 Å². The van der Waals surface area contributed by atoms with Crippen molar-refractivity contribution in [2.45, 2.75) is 52.7 Å². The van der Waals surface area contributed by atoms with Crippen LogP contribution < -0.4 is 16.6 Å². The van der Waals surface area contributed by atoms with Gasteiger partial charge in [-0.3, -0.25) is 23.5 Å². The fourth-order valence-electron chi connectivity index (χ4n) is 3.83. The zero-order valence-corrected chi connectivity index (χ0v) is 17.2. The summed E-state index contributed by atoms with van der Waals surface area (Å²) in [5, 5.41) is 3.34. The molecule has 8 heteroatoms. The van der Waals surface area contributed by atoms with Crippen LogP contribution in [0.2, 0.25) is 0 Å². The minimum absolute atomic E-state index is 0.0318. The quantitative estimate of drug-likeness (QED) is 0.809. The van der Waals surface area contributed by atoms with Crippen molar-refractivity contribution >= 4 is 22.7 Å². The maximum absolute atomic E-state index is 12.9. The van der Waals surface area contributed by atoms with E-state index in [2.05, 4.69) is 5.32 Å². The molecule has 0 atom stereocenters. The van der Waals surface area contributed by atoms with Crippen molar-refractivity contribution in [1.82, 2.24) is 19.4 Å². The van der Waals surface area contributed by atoms with Crippen molar-refractivity contribution in [3.63, 3.8) is 0 Å². The Morgan fingerprint density at radius 3 is 2.38 bits per heavy atom. The van der Waals surface area contributed by atoms with Crippen LogP contribution in [0.4, 0.5) is 0 Å². The van der Waals surface area contributed by atoms with Crippen molar-refractivity contribution in [1.29, 1.82) is 0 Å². The van der Waals surface area contributed by atoms with E-state index in [9.17, 15) is 19.2 Å². The van der Waals surface area contributed by atoms with Gasteiger partial charge in [-0.1, -0.05) is 12.1 Å². The first-order valence-corrected chi connectivity index (χ1v) is 10.1. The van der Waals surface area contributed by atoms with Gasteiger partial charge in [-0.05, 0) is 45.7 Å².